The van der Waals surface area contributed by atoms with E-state index in [1.807, 2.05) is 18.0 Å². The number of unbranched alkanes of at least 4 members (excludes halogenated alkanes) is 2. The summed E-state index contributed by atoms with van der Waals surface area (Å²) < 4.78 is 0. The molecule has 0 heterocycles. The second kappa shape index (κ2) is 7.21. The van der Waals surface area contributed by atoms with Crippen LogP contribution in [0.4, 0.5) is 11.4 Å². The normalized spacial score (nSPS) is 10.4. The molecule has 0 bridgehead atoms. The molecule has 0 aliphatic carbocycles. The van der Waals surface area contributed by atoms with E-state index in [0.29, 0.717) is 11.6 Å². The molecule has 0 N–H and O–H groups in total. The van der Waals surface area contributed by atoms with Crippen LogP contribution in [0, 0.1) is 10.1 Å². The molecule has 4 nitrogen and oxygen atoms in total. The first-order chi connectivity index (χ1) is 8.60. The van der Waals surface area contributed by atoms with Crippen LogP contribution in [-0.2, 0) is 5.88 Å². The number of benzene rings is 1. The van der Waals surface area contributed by atoms with Gasteiger partial charge in [-0.15, -0.1) is 11.6 Å². The molecule has 1 aromatic carbocycles. The average molecular weight is 271 g/mol. The Kier molecular flexibility index (Phi) is 5.92. The lowest BCUT2D eigenvalue weighted by atomic mass is 10.1. The molecule has 0 saturated carbocycles. The molecule has 0 aliphatic heterocycles. The third kappa shape index (κ3) is 3.88. The van der Waals surface area contributed by atoms with Crippen molar-refractivity contribution < 1.29 is 4.92 Å². The summed E-state index contributed by atoms with van der Waals surface area (Å²) in [4.78, 5) is 12.7. The van der Waals surface area contributed by atoms with Crippen LogP contribution in [0.15, 0.2) is 18.2 Å². The van der Waals surface area contributed by atoms with Crippen molar-refractivity contribution in [3.05, 3.63) is 33.9 Å². The first-order valence-electron chi connectivity index (χ1n) is 6.14. The largest absolute Gasteiger partial charge is 0.369 e. The minimum absolute atomic E-state index is 0.132. The predicted molar refractivity (Wildman–Crippen MR) is 75.4 cm³/mol. The van der Waals surface area contributed by atoms with Gasteiger partial charge >= 0.3 is 0 Å². The highest BCUT2D eigenvalue weighted by Gasteiger charge is 2.17. The Hall–Kier alpha value is -1.29. The van der Waals surface area contributed by atoms with Crippen LogP contribution in [0.3, 0.4) is 0 Å². The number of halogens is 1. The number of nitro benzene ring substituents is 1. The number of hydrogen-bond acceptors (Lipinski definition) is 3. The Morgan fingerprint density at radius 1 is 1.39 bits per heavy atom. The minimum atomic E-state index is -0.346. The molecule has 0 spiro atoms. The molecule has 1 rings (SSSR count). The van der Waals surface area contributed by atoms with Gasteiger partial charge in [0.1, 0.15) is 5.69 Å². The van der Waals surface area contributed by atoms with Gasteiger partial charge < -0.3 is 4.90 Å². The van der Waals surface area contributed by atoms with Crippen LogP contribution >= 0.6 is 11.6 Å². The Balaban J connectivity index is 2.89. The SMILES string of the molecule is CCCCCN(C)c1ccc(CCl)cc1[N+](=O)[O-]. The number of nitrogens with zero attached hydrogens (tertiary/aromatic N) is 2. The molecule has 1 aromatic rings. The van der Waals surface area contributed by atoms with Crippen molar-refractivity contribution in [2.24, 2.45) is 0 Å². The second-order valence-electron chi connectivity index (χ2n) is 4.34. The van der Waals surface area contributed by atoms with Gasteiger partial charge in [0.05, 0.1) is 4.92 Å². The topological polar surface area (TPSA) is 46.4 Å². The van der Waals surface area contributed by atoms with Crippen molar-refractivity contribution in [2.45, 2.75) is 32.1 Å². The summed E-state index contributed by atoms with van der Waals surface area (Å²) in [6.07, 6.45) is 3.32. The van der Waals surface area contributed by atoms with Gasteiger partial charge in [0, 0.05) is 25.5 Å². The van der Waals surface area contributed by atoms with Gasteiger partial charge in [0.2, 0.25) is 0 Å². The Morgan fingerprint density at radius 2 is 2.11 bits per heavy atom. The third-order valence-electron chi connectivity index (χ3n) is 2.90. The van der Waals surface area contributed by atoms with Gasteiger partial charge in [0.25, 0.3) is 5.69 Å². The highest BCUT2D eigenvalue weighted by Crippen LogP contribution is 2.29. The minimum Gasteiger partial charge on any atom is -0.369 e. The first kappa shape index (κ1) is 14.8. The van der Waals surface area contributed by atoms with Crippen LogP contribution in [0.25, 0.3) is 0 Å². The maximum Gasteiger partial charge on any atom is 0.292 e. The third-order valence-corrected chi connectivity index (χ3v) is 3.21. The van der Waals surface area contributed by atoms with Gasteiger partial charge in [-0.1, -0.05) is 25.8 Å². The number of nitro groups is 1. The molecule has 0 amide bonds. The maximum atomic E-state index is 11.1. The van der Waals surface area contributed by atoms with Crippen molar-refractivity contribution in [3.63, 3.8) is 0 Å². The summed E-state index contributed by atoms with van der Waals surface area (Å²) in [5.74, 6) is 0.292. The number of hydrogen-bond donors (Lipinski definition) is 0. The van der Waals surface area contributed by atoms with Crippen molar-refractivity contribution in [3.8, 4) is 0 Å². The molecule has 0 unspecified atom stereocenters. The molecule has 18 heavy (non-hydrogen) atoms. The van der Waals surface area contributed by atoms with Crippen LogP contribution in [0.2, 0.25) is 0 Å². The van der Waals surface area contributed by atoms with E-state index in [1.54, 1.807) is 12.1 Å². The number of rotatable bonds is 7. The summed E-state index contributed by atoms with van der Waals surface area (Å²) in [6, 6.07) is 5.17. The van der Waals surface area contributed by atoms with Gasteiger partial charge in [-0.25, -0.2) is 0 Å². The van der Waals surface area contributed by atoms with E-state index in [2.05, 4.69) is 6.92 Å². The first-order valence-corrected chi connectivity index (χ1v) is 6.68. The summed E-state index contributed by atoms with van der Waals surface area (Å²) >= 11 is 5.70. The standard InChI is InChI=1S/C13H19ClN2O2/c1-3-4-5-8-15(2)12-7-6-11(10-14)9-13(12)16(17)18/h6-7,9H,3-5,8,10H2,1-2H3. The van der Waals surface area contributed by atoms with Gasteiger partial charge in [-0.2, -0.15) is 0 Å². The lowest BCUT2D eigenvalue weighted by Crippen LogP contribution is -2.19. The van der Waals surface area contributed by atoms with Crippen LogP contribution in [0.1, 0.15) is 31.7 Å². The fourth-order valence-corrected chi connectivity index (χ4v) is 2.01. The van der Waals surface area contributed by atoms with Crippen molar-refractivity contribution in [2.75, 3.05) is 18.5 Å². The highest BCUT2D eigenvalue weighted by molar-refractivity contribution is 6.17. The molecule has 100 valence electrons. The Morgan fingerprint density at radius 3 is 2.67 bits per heavy atom. The second-order valence-corrected chi connectivity index (χ2v) is 4.61. The van der Waals surface area contributed by atoms with E-state index in [1.165, 1.54) is 0 Å². The van der Waals surface area contributed by atoms with E-state index in [9.17, 15) is 10.1 Å². The van der Waals surface area contributed by atoms with Gasteiger partial charge in [-0.05, 0) is 18.1 Å². The van der Waals surface area contributed by atoms with E-state index in [0.717, 1.165) is 31.4 Å². The molecule has 0 aliphatic rings. The van der Waals surface area contributed by atoms with E-state index in [4.69, 9.17) is 11.6 Å². The molecule has 0 atom stereocenters. The smallest absolute Gasteiger partial charge is 0.292 e. The molecule has 0 fully saturated rings. The number of anilines is 1. The summed E-state index contributed by atoms with van der Waals surface area (Å²) in [5.41, 5.74) is 1.56. The lowest BCUT2D eigenvalue weighted by molar-refractivity contribution is -0.384. The van der Waals surface area contributed by atoms with Gasteiger partial charge in [-0.3, -0.25) is 10.1 Å². The zero-order chi connectivity index (χ0) is 13.5. The zero-order valence-electron chi connectivity index (χ0n) is 10.9. The highest BCUT2D eigenvalue weighted by atomic mass is 35.5. The number of alkyl halides is 1. The molecular weight excluding hydrogens is 252 g/mol. The maximum absolute atomic E-state index is 11.1. The quantitative estimate of drug-likeness (QED) is 0.326. The van der Waals surface area contributed by atoms with E-state index < -0.39 is 0 Å². The molecular formula is C13H19ClN2O2. The Labute approximate surface area is 113 Å². The van der Waals surface area contributed by atoms with E-state index >= 15 is 0 Å². The lowest BCUT2D eigenvalue weighted by Gasteiger charge is -2.19. The van der Waals surface area contributed by atoms with Crippen molar-refractivity contribution >= 4 is 23.0 Å². The predicted octanol–water partition coefficient (Wildman–Crippen LogP) is 3.96. The Bertz CT molecular complexity index is 410. The van der Waals surface area contributed by atoms with Gasteiger partial charge in [0.15, 0.2) is 0 Å². The molecule has 0 radical (unpaired) electrons. The van der Waals surface area contributed by atoms with Crippen molar-refractivity contribution in [1.29, 1.82) is 0 Å². The average Bonchev–Trinajstić information content (AvgIpc) is 2.38. The summed E-state index contributed by atoms with van der Waals surface area (Å²) in [6.45, 7) is 2.96. The monoisotopic (exact) mass is 270 g/mol. The summed E-state index contributed by atoms with van der Waals surface area (Å²) in [5, 5.41) is 11.1. The fourth-order valence-electron chi connectivity index (χ4n) is 1.84. The van der Waals surface area contributed by atoms with Crippen molar-refractivity contribution in [1.82, 2.24) is 0 Å². The molecule has 0 saturated heterocycles. The van der Waals surface area contributed by atoms with Crippen LogP contribution < -0.4 is 4.90 Å². The molecule has 0 aromatic heterocycles. The zero-order valence-corrected chi connectivity index (χ0v) is 11.6. The fraction of sp³-hybridized carbons (Fsp3) is 0.538. The van der Waals surface area contributed by atoms with E-state index in [-0.39, 0.29) is 10.6 Å². The van der Waals surface area contributed by atoms with Crippen LogP contribution in [-0.4, -0.2) is 18.5 Å². The summed E-state index contributed by atoms with van der Waals surface area (Å²) in [7, 11) is 1.89. The van der Waals surface area contributed by atoms with Crippen LogP contribution in [0.5, 0.6) is 0 Å². The molecule has 5 heteroatoms.